The predicted octanol–water partition coefficient (Wildman–Crippen LogP) is 2.75. The standard InChI is InChI=1S/C22H33N5O2S/c1-4-12-26-17-23-24-21(26)19-15-25(3)16-22(19)10-13-27(14-11-22)30(28,29)20-9-7-6-8-18(20)5-2/h6-9,17,19H,4-5,10-16H2,1-3H3. The molecule has 2 fully saturated rings. The third-order valence-electron chi connectivity index (χ3n) is 6.93. The van der Waals surface area contributed by atoms with Crippen molar-refractivity contribution < 1.29 is 8.42 Å². The summed E-state index contributed by atoms with van der Waals surface area (Å²) in [5.41, 5.74) is 0.952. The lowest BCUT2D eigenvalue weighted by Crippen LogP contribution is -2.46. The first-order valence-corrected chi connectivity index (χ1v) is 12.5. The van der Waals surface area contributed by atoms with Crippen LogP contribution in [-0.2, 0) is 23.0 Å². The zero-order chi connectivity index (χ0) is 21.4. The molecule has 2 aromatic rings. The first kappa shape index (κ1) is 21.5. The normalized spacial score (nSPS) is 22.7. The van der Waals surface area contributed by atoms with Gasteiger partial charge < -0.3 is 9.47 Å². The van der Waals surface area contributed by atoms with Gasteiger partial charge in [-0.05, 0) is 49.8 Å². The largest absolute Gasteiger partial charge is 0.317 e. The molecule has 3 heterocycles. The average molecular weight is 432 g/mol. The number of hydrogen-bond acceptors (Lipinski definition) is 5. The van der Waals surface area contributed by atoms with Gasteiger partial charge in [0.1, 0.15) is 12.2 Å². The Hall–Kier alpha value is -1.77. The Morgan fingerprint density at radius 3 is 2.60 bits per heavy atom. The molecule has 164 valence electrons. The SMILES string of the molecule is CCCn1cnnc1C1CN(C)CC12CCN(S(=O)(=O)c1ccccc1CC)CC2. The molecule has 2 aliphatic heterocycles. The van der Waals surface area contributed by atoms with Gasteiger partial charge in [0.05, 0.1) is 4.90 Å². The van der Waals surface area contributed by atoms with Gasteiger partial charge in [0.15, 0.2) is 0 Å². The van der Waals surface area contributed by atoms with Crippen LogP contribution in [0.5, 0.6) is 0 Å². The van der Waals surface area contributed by atoms with Crippen LogP contribution in [0.2, 0.25) is 0 Å². The Kier molecular flexibility index (Phi) is 6.01. The topological polar surface area (TPSA) is 71.3 Å². The minimum Gasteiger partial charge on any atom is -0.317 e. The van der Waals surface area contributed by atoms with Gasteiger partial charge in [-0.15, -0.1) is 10.2 Å². The second-order valence-corrected chi connectivity index (χ2v) is 10.8. The quantitative estimate of drug-likeness (QED) is 0.703. The van der Waals surface area contributed by atoms with Crippen LogP contribution in [0, 0.1) is 5.41 Å². The first-order chi connectivity index (χ1) is 14.4. The lowest BCUT2D eigenvalue weighted by atomic mass is 9.71. The van der Waals surface area contributed by atoms with Crippen molar-refractivity contribution in [1.29, 1.82) is 0 Å². The molecule has 4 rings (SSSR count). The van der Waals surface area contributed by atoms with E-state index in [-0.39, 0.29) is 5.41 Å². The summed E-state index contributed by atoms with van der Waals surface area (Å²) in [6.45, 7) is 8.15. The summed E-state index contributed by atoms with van der Waals surface area (Å²) in [5, 5.41) is 8.68. The Balaban J connectivity index is 1.57. The van der Waals surface area contributed by atoms with Crippen LogP contribution in [0.15, 0.2) is 35.5 Å². The second-order valence-electron chi connectivity index (χ2n) is 8.86. The van der Waals surface area contributed by atoms with E-state index in [4.69, 9.17) is 0 Å². The maximum atomic E-state index is 13.4. The number of rotatable bonds is 6. The molecule has 7 nitrogen and oxygen atoms in total. The number of hydrogen-bond donors (Lipinski definition) is 0. The molecule has 0 saturated carbocycles. The fourth-order valence-electron chi connectivity index (χ4n) is 5.39. The van der Waals surface area contributed by atoms with Crippen LogP contribution in [-0.4, -0.2) is 65.6 Å². The summed E-state index contributed by atoms with van der Waals surface area (Å²) >= 11 is 0. The van der Waals surface area contributed by atoms with Gasteiger partial charge in [-0.2, -0.15) is 4.31 Å². The van der Waals surface area contributed by atoms with Crippen molar-refractivity contribution in [2.45, 2.75) is 56.9 Å². The lowest BCUT2D eigenvalue weighted by Gasteiger charge is -2.42. The van der Waals surface area contributed by atoms with E-state index < -0.39 is 10.0 Å². The predicted molar refractivity (Wildman–Crippen MR) is 117 cm³/mol. The average Bonchev–Trinajstić information content (AvgIpc) is 3.32. The highest BCUT2D eigenvalue weighted by atomic mass is 32.2. The molecule has 0 aliphatic carbocycles. The Bertz CT molecular complexity index is 979. The molecule has 30 heavy (non-hydrogen) atoms. The van der Waals surface area contributed by atoms with Crippen LogP contribution in [0.3, 0.4) is 0 Å². The fraction of sp³-hybridized carbons (Fsp3) is 0.636. The Morgan fingerprint density at radius 1 is 1.17 bits per heavy atom. The van der Waals surface area contributed by atoms with Gasteiger partial charge in [0.25, 0.3) is 0 Å². The Morgan fingerprint density at radius 2 is 1.90 bits per heavy atom. The minimum atomic E-state index is -3.47. The van der Waals surface area contributed by atoms with Crippen molar-refractivity contribution in [2.75, 3.05) is 33.2 Å². The summed E-state index contributed by atoms with van der Waals surface area (Å²) in [4.78, 5) is 2.83. The van der Waals surface area contributed by atoms with Gasteiger partial charge in [-0.1, -0.05) is 32.0 Å². The van der Waals surface area contributed by atoms with Gasteiger partial charge >= 0.3 is 0 Å². The zero-order valence-electron chi connectivity index (χ0n) is 18.3. The number of sulfonamides is 1. The summed E-state index contributed by atoms with van der Waals surface area (Å²) in [6.07, 6.45) is 5.31. The van der Waals surface area contributed by atoms with E-state index in [1.54, 1.807) is 10.4 Å². The molecule has 1 atom stereocenters. The summed E-state index contributed by atoms with van der Waals surface area (Å²) in [6, 6.07) is 7.40. The van der Waals surface area contributed by atoms with Crippen LogP contribution in [0.4, 0.5) is 0 Å². The van der Waals surface area contributed by atoms with Crippen molar-refractivity contribution in [3.05, 3.63) is 42.0 Å². The van der Waals surface area contributed by atoms with Gasteiger partial charge in [-0.25, -0.2) is 8.42 Å². The maximum absolute atomic E-state index is 13.4. The van der Waals surface area contributed by atoms with Crippen LogP contribution < -0.4 is 0 Å². The van der Waals surface area contributed by atoms with Crippen molar-refractivity contribution >= 4 is 10.0 Å². The highest BCUT2D eigenvalue weighted by Crippen LogP contribution is 2.49. The van der Waals surface area contributed by atoms with Crippen LogP contribution in [0.25, 0.3) is 0 Å². The van der Waals surface area contributed by atoms with Crippen LogP contribution in [0.1, 0.15) is 50.4 Å². The highest BCUT2D eigenvalue weighted by molar-refractivity contribution is 7.89. The van der Waals surface area contributed by atoms with E-state index in [2.05, 4.69) is 33.6 Å². The Labute approximate surface area is 180 Å². The number of likely N-dealkylation sites (N-methyl/N-ethyl adjacent to an activating group) is 1. The van der Waals surface area contributed by atoms with E-state index in [0.717, 1.165) is 50.3 Å². The van der Waals surface area contributed by atoms with E-state index in [0.29, 0.717) is 30.3 Å². The van der Waals surface area contributed by atoms with Gasteiger partial charge in [-0.3, -0.25) is 0 Å². The molecular formula is C22H33N5O2S. The molecular weight excluding hydrogens is 398 g/mol. The van der Waals surface area contributed by atoms with Crippen LogP contribution >= 0.6 is 0 Å². The number of aromatic nitrogens is 3. The third kappa shape index (κ3) is 3.69. The summed E-state index contributed by atoms with van der Waals surface area (Å²) in [5.74, 6) is 1.36. The molecule has 1 aromatic carbocycles. The molecule has 2 saturated heterocycles. The van der Waals surface area contributed by atoms with E-state index in [1.807, 2.05) is 31.5 Å². The molecule has 0 radical (unpaired) electrons. The molecule has 0 bridgehead atoms. The third-order valence-corrected chi connectivity index (χ3v) is 8.93. The van der Waals surface area contributed by atoms with Crippen molar-refractivity contribution in [2.24, 2.45) is 5.41 Å². The number of piperidine rings is 1. The number of likely N-dealkylation sites (tertiary alicyclic amines) is 1. The van der Waals surface area contributed by atoms with E-state index in [1.165, 1.54) is 0 Å². The van der Waals surface area contributed by atoms with E-state index in [9.17, 15) is 8.42 Å². The first-order valence-electron chi connectivity index (χ1n) is 11.1. The molecule has 2 aliphatic rings. The zero-order valence-corrected chi connectivity index (χ0v) is 19.1. The van der Waals surface area contributed by atoms with Crippen molar-refractivity contribution in [3.63, 3.8) is 0 Å². The number of nitrogens with zero attached hydrogens (tertiary/aromatic N) is 5. The molecule has 0 N–H and O–H groups in total. The summed E-state index contributed by atoms with van der Waals surface area (Å²) < 4.78 is 30.6. The number of benzene rings is 1. The van der Waals surface area contributed by atoms with Crippen molar-refractivity contribution in [1.82, 2.24) is 24.0 Å². The monoisotopic (exact) mass is 431 g/mol. The molecule has 0 amide bonds. The van der Waals surface area contributed by atoms with E-state index >= 15 is 0 Å². The smallest absolute Gasteiger partial charge is 0.243 e. The maximum Gasteiger partial charge on any atom is 0.243 e. The second kappa shape index (κ2) is 8.40. The highest BCUT2D eigenvalue weighted by Gasteiger charge is 2.50. The fourth-order valence-corrected chi connectivity index (χ4v) is 7.12. The molecule has 8 heteroatoms. The minimum absolute atomic E-state index is 0.0591. The number of aryl methyl sites for hydroxylation is 2. The summed E-state index contributed by atoms with van der Waals surface area (Å²) in [7, 11) is -1.31. The lowest BCUT2D eigenvalue weighted by molar-refractivity contribution is 0.140. The molecule has 1 aromatic heterocycles. The van der Waals surface area contributed by atoms with Crippen molar-refractivity contribution in [3.8, 4) is 0 Å². The van der Waals surface area contributed by atoms with Gasteiger partial charge in [0.2, 0.25) is 10.0 Å². The molecule has 1 unspecified atom stereocenters. The molecule has 1 spiro atoms. The van der Waals surface area contributed by atoms with Gasteiger partial charge in [0, 0.05) is 38.6 Å².